The van der Waals surface area contributed by atoms with E-state index < -0.39 is 11.7 Å². The Morgan fingerprint density at radius 2 is 1.95 bits per heavy atom. The number of nitrogens with two attached hydrogens (primary N) is 2. The molecular weight excluding hydrogens is 247 g/mol. The van der Waals surface area contributed by atoms with Gasteiger partial charge < -0.3 is 16.2 Å². The lowest BCUT2D eigenvalue weighted by molar-refractivity contribution is 0.0996. The molecule has 0 aromatic heterocycles. The van der Waals surface area contributed by atoms with E-state index in [2.05, 4.69) is 0 Å². The first kappa shape index (κ1) is 12.9. The van der Waals surface area contributed by atoms with Crippen molar-refractivity contribution in [3.63, 3.8) is 0 Å². The smallest absolute Gasteiger partial charge is 0.252 e. The maximum Gasteiger partial charge on any atom is 0.252 e. The fraction of sp³-hybridized carbons (Fsp3) is 0.0714. The summed E-state index contributed by atoms with van der Waals surface area (Å²) in [6.45, 7) is 0.103. The average Bonchev–Trinajstić information content (AvgIpc) is 2.35. The van der Waals surface area contributed by atoms with Gasteiger partial charge >= 0.3 is 0 Å². The highest BCUT2D eigenvalue weighted by molar-refractivity contribution is 5.95. The van der Waals surface area contributed by atoms with Crippen molar-refractivity contribution in [1.29, 1.82) is 0 Å². The Morgan fingerprint density at radius 1 is 1.21 bits per heavy atom. The van der Waals surface area contributed by atoms with Crippen LogP contribution in [0.5, 0.6) is 5.75 Å². The number of anilines is 1. The molecule has 0 spiro atoms. The van der Waals surface area contributed by atoms with Crippen LogP contribution < -0.4 is 16.2 Å². The van der Waals surface area contributed by atoms with Crippen LogP contribution in [-0.2, 0) is 6.61 Å². The number of amides is 1. The lowest BCUT2D eigenvalue weighted by atomic mass is 10.2. The third-order valence-electron chi connectivity index (χ3n) is 2.53. The first-order valence-electron chi connectivity index (χ1n) is 5.63. The highest BCUT2D eigenvalue weighted by Crippen LogP contribution is 2.19. The molecule has 0 saturated heterocycles. The first-order chi connectivity index (χ1) is 9.06. The van der Waals surface area contributed by atoms with Crippen LogP contribution >= 0.6 is 0 Å². The van der Waals surface area contributed by atoms with Crippen LogP contribution in [0.15, 0.2) is 42.5 Å². The van der Waals surface area contributed by atoms with Crippen molar-refractivity contribution in [2.75, 3.05) is 5.73 Å². The van der Waals surface area contributed by atoms with E-state index in [4.69, 9.17) is 16.2 Å². The fourth-order valence-electron chi connectivity index (χ4n) is 1.72. The third kappa shape index (κ3) is 3.22. The number of carbonyl (C=O) groups is 1. The van der Waals surface area contributed by atoms with Crippen LogP contribution in [0.2, 0.25) is 0 Å². The highest BCUT2D eigenvalue weighted by atomic mass is 19.1. The van der Waals surface area contributed by atoms with Gasteiger partial charge in [0.2, 0.25) is 0 Å². The highest BCUT2D eigenvalue weighted by Gasteiger charge is 2.08. The Bertz CT molecular complexity index is 594. The van der Waals surface area contributed by atoms with Gasteiger partial charge in [-0.2, -0.15) is 0 Å². The number of ether oxygens (including phenoxy) is 1. The fourth-order valence-corrected chi connectivity index (χ4v) is 1.72. The van der Waals surface area contributed by atoms with Gasteiger partial charge in [-0.05, 0) is 35.9 Å². The molecule has 0 radical (unpaired) electrons. The molecule has 0 fully saturated rings. The predicted molar refractivity (Wildman–Crippen MR) is 70.1 cm³/mol. The molecule has 0 saturated carbocycles. The van der Waals surface area contributed by atoms with E-state index >= 15 is 0 Å². The van der Waals surface area contributed by atoms with E-state index in [9.17, 15) is 9.18 Å². The van der Waals surface area contributed by atoms with Crippen LogP contribution in [0.1, 0.15) is 15.9 Å². The van der Waals surface area contributed by atoms with E-state index in [-0.39, 0.29) is 12.2 Å². The number of benzene rings is 2. The van der Waals surface area contributed by atoms with Crippen LogP contribution in [0.3, 0.4) is 0 Å². The van der Waals surface area contributed by atoms with Gasteiger partial charge in [0, 0.05) is 5.69 Å². The molecule has 0 atom stereocenters. The molecule has 98 valence electrons. The normalized spacial score (nSPS) is 10.2. The number of para-hydroxylation sites is 1. The van der Waals surface area contributed by atoms with Gasteiger partial charge in [-0.3, -0.25) is 4.79 Å². The number of carbonyl (C=O) groups excluding carboxylic acids is 1. The predicted octanol–water partition coefficient (Wildman–Crippen LogP) is 2.09. The second kappa shape index (κ2) is 5.39. The molecule has 4 nitrogen and oxygen atoms in total. The summed E-state index contributed by atoms with van der Waals surface area (Å²) >= 11 is 0. The summed E-state index contributed by atoms with van der Waals surface area (Å²) < 4.78 is 18.6. The van der Waals surface area contributed by atoms with Gasteiger partial charge in [0.25, 0.3) is 5.91 Å². The molecule has 0 aliphatic heterocycles. The second-order valence-corrected chi connectivity index (χ2v) is 4.04. The van der Waals surface area contributed by atoms with Gasteiger partial charge in [-0.25, -0.2) is 4.39 Å². The molecule has 2 rings (SSSR count). The van der Waals surface area contributed by atoms with Crippen LogP contribution in [0.25, 0.3) is 0 Å². The standard InChI is InChI=1S/C14H13FN2O2/c15-10-5-9(6-11(16)7-10)8-19-13-4-2-1-3-12(13)14(17)18/h1-7H,8,16H2,(H2,17,18). The zero-order valence-electron chi connectivity index (χ0n) is 10.1. The number of hydrogen-bond donors (Lipinski definition) is 2. The summed E-state index contributed by atoms with van der Waals surface area (Å²) in [7, 11) is 0. The minimum atomic E-state index is -0.575. The summed E-state index contributed by atoms with van der Waals surface area (Å²) in [6, 6.07) is 10.8. The van der Waals surface area contributed by atoms with Crippen molar-refractivity contribution < 1.29 is 13.9 Å². The number of rotatable bonds is 4. The van der Waals surface area contributed by atoms with Crippen LogP contribution in [0, 0.1) is 5.82 Å². The SMILES string of the molecule is NC(=O)c1ccccc1OCc1cc(N)cc(F)c1. The maximum absolute atomic E-state index is 13.2. The van der Waals surface area contributed by atoms with Crippen molar-refractivity contribution >= 4 is 11.6 Å². The summed E-state index contributed by atoms with van der Waals surface area (Å²) in [5, 5.41) is 0. The van der Waals surface area contributed by atoms with Gasteiger partial charge in [0.15, 0.2) is 0 Å². The van der Waals surface area contributed by atoms with Gasteiger partial charge in [-0.15, -0.1) is 0 Å². The van der Waals surface area contributed by atoms with E-state index in [1.165, 1.54) is 12.1 Å². The molecule has 0 aliphatic carbocycles. The second-order valence-electron chi connectivity index (χ2n) is 4.04. The van der Waals surface area contributed by atoms with E-state index in [0.717, 1.165) is 0 Å². The lowest BCUT2D eigenvalue weighted by Crippen LogP contribution is -2.13. The monoisotopic (exact) mass is 260 g/mol. The summed E-state index contributed by atoms with van der Waals surface area (Å²) in [4.78, 5) is 11.2. The van der Waals surface area contributed by atoms with Gasteiger partial charge in [-0.1, -0.05) is 12.1 Å². The Labute approximate surface area is 109 Å². The molecule has 1 amide bonds. The topological polar surface area (TPSA) is 78.3 Å². The molecule has 2 aromatic carbocycles. The van der Waals surface area contributed by atoms with Crippen molar-refractivity contribution in [3.8, 4) is 5.75 Å². The molecule has 19 heavy (non-hydrogen) atoms. The van der Waals surface area contributed by atoms with Crippen LogP contribution in [0.4, 0.5) is 10.1 Å². The molecule has 2 aromatic rings. The average molecular weight is 260 g/mol. The zero-order valence-corrected chi connectivity index (χ0v) is 10.1. The minimum Gasteiger partial charge on any atom is -0.488 e. The van der Waals surface area contributed by atoms with E-state index in [1.54, 1.807) is 30.3 Å². The van der Waals surface area contributed by atoms with Crippen molar-refractivity contribution in [3.05, 3.63) is 59.4 Å². The van der Waals surface area contributed by atoms with E-state index in [1.807, 2.05) is 0 Å². The Morgan fingerprint density at radius 3 is 2.63 bits per heavy atom. The molecule has 5 heteroatoms. The summed E-state index contributed by atoms with van der Waals surface area (Å²) in [6.07, 6.45) is 0. The van der Waals surface area contributed by atoms with E-state index in [0.29, 0.717) is 17.0 Å². The number of primary amides is 1. The van der Waals surface area contributed by atoms with Crippen molar-refractivity contribution in [1.82, 2.24) is 0 Å². The Hall–Kier alpha value is -2.56. The number of halogens is 1. The molecular formula is C14H13FN2O2. The first-order valence-corrected chi connectivity index (χ1v) is 5.63. The molecule has 0 heterocycles. The molecule has 0 aliphatic rings. The van der Waals surface area contributed by atoms with Crippen LogP contribution in [-0.4, -0.2) is 5.91 Å². The number of nitrogen functional groups attached to an aromatic ring is 1. The molecule has 4 N–H and O–H groups in total. The van der Waals surface area contributed by atoms with Gasteiger partial charge in [0.1, 0.15) is 18.2 Å². The lowest BCUT2D eigenvalue weighted by Gasteiger charge is -2.10. The van der Waals surface area contributed by atoms with Gasteiger partial charge in [0.05, 0.1) is 5.56 Å². The molecule has 0 bridgehead atoms. The van der Waals surface area contributed by atoms with Crippen molar-refractivity contribution in [2.24, 2.45) is 5.73 Å². The number of hydrogen-bond acceptors (Lipinski definition) is 3. The Kier molecular flexibility index (Phi) is 3.66. The third-order valence-corrected chi connectivity index (χ3v) is 2.53. The zero-order chi connectivity index (χ0) is 13.8. The minimum absolute atomic E-state index is 0.103. The largest absolute Gasteiger partial charge is 0.488 e. The summed E-state index contributed by atoms with van der Waals surface area (Å²) in [5.41, 5.74) is 12.0. The maximum atomic E-state index is 13.2. The quantitative estimate of drug-likeness (QED) is 0.826. The Balaban J connectivity index is 2.16. The molecule has 0 unspecified atom stereocenters. The summed E-state index contributed by atoms with van der Waals surface area (Å²) in [5.74, 6) is -0.644. The van der Waals surface area contributed by atoms with Crippen molar-refractivity contribution in [2.45, 2.75) is 6.61 Å².